The van der Waals surface area contributed by atoms with Gasteiger partial charge in [-0.05, 0) is 36.2 Å². The zero-order valence-corrected chi connectivity index (χ0v) is 17.1. The summed E-state index contributed by atoms with van der Waals surface area (Å²) in [5, 5.41) is 1.33. The summed E-state index contributed by atoms with van der Waals surface area (Å²) >= 11 is 0. The van der Waals surface area contributed by atoms with E-state index in [0.29, 0.717) is 0 Å². The first-order valence-corrected chi connectivity index (χ1v) is 10.4. The fourth-order valence-electron chi connectivity index (χ4n) is 4.48. The fraction of sp³-hybridized carbons (Fsp3) is 0.192. The molecule has 4 heteroatoms. The number of fused-ring (bicyclic) bond motifs is 3. The molecule has 150 valence electrons. The van der Waals surface area contributed by atoms with E-state index in [2.05, 4.69) is 64.5 Å². The first-order valence-electron chi connectivity index (χ1n) is 10.4. The van der Waals surface area contributed by atoms with Gasteiger partial charge in [0.05, 0.1) is 18.8 Å². The number of aromatic nitrogens is 2. The summed E-state index contributed by atoms with van der Waals surface area (Å²) in [7, 11) is 1.71. The van der Waals surface area contributed by atoms with Crippen molar-refractivity contribution in [1.82, 2.24) is 14.9 Å². The normalized spacial score (nSPS) is 16.8. The molecular weight excluding hydrogens is 370 g/mol. The van der Waals surface area contributed by atoms with Crippen LogP contribution in [0, 0.1) is 0 Å². The van der Waals surface area contributed by atoms with Gasteiger partial charge in [-0.25, -0.2) is 0 Å². The molecule has 0 aliphatic carbocycles. The number of ether oxygens (including phenoxy) is 1. The van der Waals surface area contributed by atoms with Gasteiger partial charge in [0.2, 0.25) is 0 Å². The molecule has 0 radical (unpaired) electrons. The summed E-state index contributed by atoms with van der Waals surface area (Å²) in [6.07, 6.45) is 7.29. The predicted octanol–water partition coefficient (Wildman–Crippen LogP) is 5.23. The molecule has 4 nitrogen and oxygen atoms in total. The second kappa shape index (κ2) is 8.17. The Hall–Kier alpha value is -3.37. The van der Waals surface area contributed by atoms with Gasteiger partial charge < -0.3 is 9.72 Å². The largest absolute Gasteiger partial charge is 0.496 e. The molecule has 0 bridgehead atoms. The molecule has 0 saturated heterocycles. The Morgan fingerprint density at radius 3 is 2.77 bits per heavy atom. The van der Waals surface area contributed by atoms with Crippen LogP contribution >= 0.6 is 0 Å². The highest BCUT2D eigenvalue weighted by Crippen LogP contribution is 2.37. The van der Waals surface area contributed by atoms with Gasteiger partial charge in [0, 0.05) is 41.4 Å². The zero-order valence-electron chi connectivity index (χ0n) is 17.1. The van der Waals surface area contributed by atoms with Crippen molar-refractivity contribution in [2.24, 2.45) is 0 Å². The van der Waals surface area contributed by atoms with Crippen molar-refractivity contribution in [1.29, 1.82) is 0 Å². The van der Waals surface area contributed by atoms with E-state index in [1.807, 2.05) is 30.5 Å². The number of methoxy groups -OCH3 is 1. The van der Waals surface area contributed by atoms with Crippen LogP contribution in [0.3, 0.4) is 0 Å². The molecule has 1 aliphatic rings. The minimum Gasteiger partial charge on any atom is -0.496 e. The van der Waals surface area contributed by atoms with Crippen LogP contribution < -0.4 is 4.74 Å². The Morgan fingerprint density at radius 1 is 1.07 bits per heavy atom. The van der Waals surface area contributed by atoms with Crippen molar-refractivity contribution in [3.63, 3.8) is 0 Å². The first-order chi connectivity index (χ1) is 14.8. The van der Waals surface area contributed by atoms with Crippen LogP contribution in [-0.2, 0) is 6.42 Å². The van der Waals surface area contributed by atoms with E-state index in [1.54, 1.807) is 7.11 Å². The van der Waals surface area contributed by atoms with Crippen molar-refractivity contribution >= 4 is 17.0 Å². The van der Waals surface area contributed by atoms with Gasteiger partial charge in [0.15, 0.2) is 0 Å². The highest BCUT2D eigenvalue weighted by Gasteiger charge is 2.31. The number of nitrogens with one attached hydrogen (secondary N) is 1. The molecule has 1 aliphatic heterocycles. The average molecular weight is 396 g/mol. The lowest BCUT2D eigenvalue weighted by atomic mass is 9.95. The number of H-pyrrole nitrogens is 1. The maximum absolute atomic E-state index is 5.48. The minimum atomic E-state index is 0.115. The van der Waals surface area contributed by atoms with Crippen molar-refractivity contribution in [2.45, 2.75) is 12.5 Å². The van der Waals surface area contributed by atoms with E-state index in [1.165, 1.54) is 22.2 Å². The number of benzene rings is 2. The number of para-hydroxylation sites is 2. The summed E-state index contributed by atoms with van der Waals surface area (Å²) in [5.74, 6) is 0.895. The maximum atomic E-state index is 5.48. The smallest absolute Gasteiger partial charge is 0.126 e. The predicted molar refractivity (Wildman–Crippen MR) is 122 cm³/mol. The number of hydrogen-bond acceptors (Lipinski definition) is 3. The molecule has 0 saturated carbocycles. The van der Waals surface area contributed by atoms with Crippen LogP contribution in [0.4, 0.5) is 0 Å². The summed E-state index contributed by atoms with van der Waals surface area (Å²) in [4.78, 5) is 10.9. The van der Waals surface area contributed by atoms with Crippen LogP contribution in [0.1, 0.15) is 28.6 Å². The number of rotatable bonds is 5. The number of nitrogens with zero attached hydrogens (tertiary/aromatic N) is 2. The number of aromatic amines is 1. The highest BCUT2D eigenvalue weighted by atomic mass is 16.5. The highest BCUT2D eigenvalue weighted by molar-refractivity contribution is 5.85. The van der Waals surface area contributed by atoms with Gasteiger partial charge in [0.25, 0.3) is 0 Å². The SMILES string of the molecule is COc1ccccc1/C=C/CN1CCc2c([nH]c3ccccc23)C1c1ccccn1. The van der Waals surface area contributed by atoms with Gasteiger partial charge >= 0.3 is 0 Å². The average Bonchev–Trinajstić information content (AvgIpc) is 3.18. The van der Waals surface area contributed by atoms with Crippen molar-refractivity contribution < 1.29 is 4.74 Å². The topological polar surface area (TPSA) is 41.1 Å². The van der Waals surface area contributed by atoms with E-state index >= 15 is 0 Å². The zero-order chi connectivity index (χ0) is 20.3. The molecule has 30 heavy (non-hydrogen) atoms. The lowest BCUT2D eigenvalue weighted by molar-refractivity contribution is 0.231. The molecule has 0 spiro atoms. The van der Waals surface area contributed by atoms with Crippen LogP contribution in [0.2, 0.25) is 0 Å². The molecule has 1 atom stereocenters. The van der Waals surface area contributed by atoms with Crippen LogP contribution in [0.15, 0.2) is 79.0 Å². The molecule has 2 aromatic heterocycles. The number of pyridine rings is 1. The fourth-order valence-corrected chi connectivity index (χ4v) is 4.48. The van der Waals surface area contributed by atoms with Crippen molar-refractivity contribution in [2.75, 3.05) is 20.2 Å². The monoisotopic (exact) mass is 395 g/mol. The van der Waals surface area contributed by atoms with Crippen LogP contribution in [0.5, 0.6) is 5.75 Å². The molecule has 0 amide bonds. The Morgan fingerprint density at radius 2 is 1.90 bits per heavy atom. The van der Waals surface area contributed by atoms with E-state index in [4.69, 9.17) is 9.72 Å². The van der Waals surface area contributed by atoms with Crippen molar-refractivity contribution in [3.8, 4) is 5.75 Å². The van der Waals surface area contributed by atoms with Crippen LogP contribution in [-0.4, -0.2) is 35.1 Å². The molecule has 0 fully saturated rings. The second-order valence-electron chi connectivity index (χ2n) is 7.61. The standard InChI is InChI=1S/C26H25N3O/c1-30-24-14-5-2-9-19(24)10-8-17-29-18-15-21-20-11-3-4-12-22(20)28-25(21)26(29)23-13-6-7-16-27-23/h2-14,16,26,28H,15,17-18H2,1H3/b10-8+. The molecule has 1 unspecified atom stereocenters. The summed E-state index contributed by atoms with van der Waals surface area (Å²) in [5.41, 5.74) is 6.07. The Labute approximate surface area is 176 Å². The van der Waals surface area contributed by atoms with Gasteiger partial charge in [0.1, 0.15) is 5.75 Å². The Bertz CT molecular complexity index is 1180. The lowest BCUT2D eigenvalue weighted by Crippen LogP contribution is -2.36. The van der Waals surface area contributed by atoms with Gasteiger partial charge in [-0.15, -0.1) is 0 Å². The van der Waals surface area contributed by atoms with E-state index in [0.717, 1.165) is 36.5 Å². The lowest BCUT2D eigenvalue weighted by Gasteiger charge is -2.34. The molecule has 4 aromatic rings. The van der Waals surface area contributed by atoms with Gasteiger partial charge in [-0.2, -0.15) is 0 Å². The Balaban J connectivity index is 1.49. The van der Waals surface area contributed by atoms with Crippen LogP contribution in [0.25, 0.3) is 17.0 Å². The molecule has 5 rings (SSSR count). The Kier molecular flexibility index (Phi) is 5.08. The van der Waals surface area contributed by atoms with Gasteiger partial charge in [-0.3, -0.25) is 9.88 Å². The second-order valence-corrected chi connectivity index (χ2v) is 7.61. The van der Waals surface area contributed by atoms with E-state index in [-0.39, 0.29) is 6.04 Å². The maximum Gasteiger partial charge on any atom is 0.126 e. The molecule has 3 heterocycles. The van der Waals surface area contributed by atoms with E-state index in [9.17, 15) is 0 Å². The third-order valence-corrected chi connectivity index (χ3v) is 5.88. The number of hydrogen-bond donors (Lipinski definition) is 1. The quantitative estimate of drug-likeness (QED) is 0.503. The summed E-state index contributed by atoms with van der Waals surface area (Å²) in [6, 6.07) is 23.0. The molecule has 2 aromatic carbocycles. The summed E-state index contributed by atoms with van der Waals surface area (Å²) in [6.45, 7) is 1.83. The third kappa shape index (κ3) is 3.40. The van der Waals surface area contributed by atoms with Crippen molar-refractivity contribution in [3.05, 3.63) is 102 Å². The minimum absolute atomic E-state index is 0.115. The molecule has 1 N–H and O–H groups in total. The molecular formula is C26H25N3O. The third-order valence-electron chi connectivity index (χ3n) is 5.88. The first kappa shape index (κ1) is 18.6. The van der Waals surface area contributed by atoms with E-state index < -0.39 is 0 Å². The van der Waals surface area contributed by atoms with Gasteiger partial charge in [-0.1, -0.05) is 54.6 Å². The summed E-state index contributed by atoms with van der Waals surface area (Å²) < 4.78 is 5.48.